The minimum atomic E-state index is -4.45. The van der Waals surface area contributed by atoms with Crippen LogP contribution in [0.25, 0.3) is 0 Å². The van der Waals surface area contributed by atoms with E-state index < -0.39 is 11.9 Å². The minimum absolute atomic E-state index is 0.0947. The van der Waals surface area contributed by atoms with E-state index in [1.165, 1.54) is 6.92 Å². The van der Waals surface area contributed by atoms with Crippen LogP contribution in [0, 0.1) is 18.3 Å². The molecule has 0 atom stereocenters. The summed E-state index contributed by atoms with van der Waals surface area (Å²) in [7, 11) is 0. The lowest BCUT2D eigenvalue weighted by molar-refractivity contribution is -0.141. The SMILES string of the molecule is Cc1nc(C(F)(F)F)ccc1C#N. The van der Waals surface area contributed by atoms with Gasteiger partial charge in [0.2, 0.25) is 0 Å². The number of nitriles is 1. The molecule has 0 amide bonds. The summed E-state index contributed by atoms with van der Waals surface area (Å²) in [6, 6.07) is 3.66. The van der Waals surface area contributed by atoms with Crippen molar-refractivity contribution in [3.63, 3.8) is 0 Å². The smallest absolute Gasteiger partial charge is 0.247 e. The molecule has 5 heteroatoms. The van der Waals surface area contributed by atoms with Crippen LogP contribution in [0.1, 0.15) is 17.0 Å². The van der Waals surface area contributed by atoms with E-state index in [0.29, 0.717) is 0 Å². The van der Waals surface area contributed by atoms with E-state index in [1.807, 2.05) is 0 Å². The van der Waals surface area contributed by atoms with Crippen molar-refractivity contribution >= 4 is 0 Å². The molecule has 13 heavy (non-hydrogen) atoms. The van der Waals surface area contributed by atoms with E-state index in [1.54, 1.807) is 6.07 Å². The highest BCUT2D eigenvalue weighted by Crippen LogP contribution is 2.27. The standard InChI is InChI=1S/C8H5F3N2/c1-5-6(4-12)2-3-7(13-5)8(9,10)11/h2-3H,1H3. The predicted molar refractivity (Wildman–Crippen MR) is 38.7 cm³/mol. The number of halogens is 3. The number of rotatable bonds is 0. The first-order valence-corrected chi connectivity index (χ1v) is 3.40. The lowest BCUT2D eigenvalue weighted by Crippen LogP contribution is -2.09. The Kier molecular flexibility index (Phi) is 2.24. The molecule has 0 N–H and O–H groups in total. The molecular formula is C8H5F3N2. The Bertz CT molecular complexity index is 363. The Morgan fingerprint density at radius 3 is 2.38 bits per heavy atom. The van der Waals surface area contributed by atoms with Crippen LogP contribution < -0.4 is 0 Å². The molecule has 0 aliphatic carbocycles. The van der Waals surface area contributed by atoms with E-state index in [0.717, 1.165) is 12.1 Å². The molecule has 0 spiro atoms. The van der Waals surface area contributed by atoms with Gasteiger partial charge in [-0.05, 0) is 19.1 Å². The fourth-order valence-electron chi connectivity index (χ4n) is 0.837. The van der Waals surface area contributed by atoms with Crippen LogP contribution in [0.3, 0.4) is 0 Å². The highest BCUT2D eigenvalue weighted by molar-refractivity contribution is 5.33. The highest BCUT2D eigenvalue weighted by Gasteiger charge is 2.32. The first-order valence-electron chi connectivity index (χ1n) is 3.40. The summed E-state index contributed by atoms with van der Waals surface area (Å²) < 4.78 is 36.2. The number of aromatic nitrogens is 1. The summed E-state index contributed by atoms with van der Waals surface area (Å²) >= 11 is 0. The van der Waals surface area contributed by atoms with Gasteiger partial charge in [0.15, 0.2) is 0 Å². The average Bonchev–Trinajstić information content (AvgIpc) is 2.02. The van der Waals surface area contributed by atoms with Gasteiger partial charge in [-0.15, -0.1) is 0 Å². The lowest BCUT2D eigenvalue weighted by atomic mass is 10.2. The molecule has 1 heterocycles. The van der Waals surface area contributed by atoms with Gasteiger partial charge in [0.05, 0.1) is 11.3 Å². The predicted octanol–water partition coefficient (Wildman–Crippen LogP) is 2.28. The van der Waals surface area contributed by atoms with Crippen molar-refractivity contribution in [1.82, 2.24) is 4.98 Å². The van der Waals surface area contributed by atoms with E-state index in [-0.39, 0.29) is 11.3 Å². The van der Waals surface area contributed by atoms with Crippen LogP contribution in [-0.2, 0) is 6.18 Å². The molecule has 0 unspecified atom stereocenters. The molecule has 0 aliphatic rings. The number of hydrogen-bond acceptors (Lipinski definition) is 2. The second kappa shape index (κ2) is 3.05. The summed E-state index contributed by atoms with van der Waals surface area (Å²) in [5.41, 5.74) is -0.714. The van der Waals surface area contributed by atoms with Crippen LogP contribution in [0.15, 0.2) is 12.1 Å². The van der Waals surface area contributed by atoms with E-state index in [9.17, 15) is 13.2 Å². The fourth-order valence-corrected chi connectivity index (χ4v) is 0.837. The van der Waals surface area contributed by atoms with Crippen molar-refractivity contribution in [2.45, 2.75) is 13.1 Å². The number of pyridine rings is 1. The molecule has 0 fully saturated rings. The number of hydrogen-bond donors (Lipinski definition) is 0. The maximum Gasteiger partial charge on any atom is 0.433 e. The molecule has 1 rings (SSSR count). The van der Waals surface area contributed by atoms with E-state index in [4.69, 9.17) is 5.26 Å². The molecule has 1 aromatic heterocycles. The van der Waals surface area contributed by atoms with Gasteiger partial charge >= 0.3 is 6.18 Å². The molecule has 1 aromatic rings. The third kappa shape index (κ3) is 1.96. The van der Waals surface area contributed by atoms with E-state index >= 15 is 0 Å². The summed E-state index contributed by atoms with van der Waals surface area (Å²) in [6.45, 7) is 1.37. The quantitative estimate of drug-likeness (QED) is 0.623. The monoisotopic (exact) mass is 186 g/mol. The van der Waals surface area contributed by atoms with Gasteiger partial charge in [-0.2, -0.15) is 18.4 Å². The van der Waals surface area contributed by atoms with Crippen LogP contribution in [0.5, 0.6) is 0 Å². The molecule has 2 nitrogen and oxygen atoms in total. The molecule has 0 aromatic carbocycles. The van der Waals surface area contributed by atoms with Gasteiger partial charge < -0.3 is 0 Å². The van der Waals surface area contributed by atoms with Gasteiger partial charge in [-0.3, -0.25) is 0 Å². The topological polar surface area (TPSA) is 36.7 Å². The van der Waals surface area contributed by atoms with E-state index in [2.05, 4.69) is 4.98 Å². The third-order valence-electron chi connectivity index (χ3n) is 1.50. The second-order valence-corrected chi connectivity index (χ2v) is 2.44. The zero-order chi connectivity index (χ0) is 10.1. The first-order chi connectivity index (χ1) is 5.95. The lowest BCUT2D eigenvalue weighted by Gasteiger charge is -2.06. The normalized spacial score (nSPS) is 11.0. The van der Waals surface area contributed by atoms with Crippen molar-refractivity contribution in [1.29, 1.82) is 5.26 Å². The van der Waals surface area contributed by atoms with Crippen LogP contribution in [-0.4, -0.2) is 4.98 Å². The van der Waals surface area contributed by atoms with Crippen molar-refractivity contribution < 1.29 is 13.2 Å². The Labute approximate surface area is 72.6 Å². The van der Waals surface area contributed by atoms with Gasteiger partial charge in [0, 0.05) is 0 Å². The molecule has 0 aliphatic heterocycles. The van der Waals surface area contributed by atoms with Crippen molar-refractivity contribution in [2.24, 2.45) is 0 Å². The number of nitrogens with zero attached hydrogens (tertiary/aromatic N) is 2. The van der Waals surface area contributed by atoms with Gasteiger partial charge in [0.1, 0.15) is 11.8 Å². The van der Waals surface area contributed by atoms with Crippen molar-refractivity contribution in [3.8, 4) is 6.07 Å². The Morgan fingerprint density at radius 1 is 1.38 bits per heavy atom. The largest absolute Gasteiger partial charge is 0.433 e. The van der Waals surface area contributed by atoms with Gasteiger partial charge in [-0.25, -0.2) is 4.98 Å². The summed E-state index contributed by atoms with van der Waals surface area (Å²) in [5.74, 6) is 0. The van der Waals surface area contributed by atoms with Crippen LogP contribution in [0.4, 0.5) is 13.2 Å². The minimum Gasteiger partial charge on any atom is -0.247 e. The van der Waals surface area contributed by atoms with Gasteiger partial charge in [0.25, 0.3) is 0 Å². The summed E-state index contributed by atoms with van der Waals surface area (Å²) in [6.07, 6.45) is -4.45. The first kappa shape index (κ1) is 9.52. The molecule has 0 saturated heterocycles. The van der Waals surface area contributed by atoms with Crippen molar-refractivity contribution in [3.05, 3.63) is 29.1 Å². The zero-order valence-electron chi connectivity index (χ0n) is 6.68. The Balaban J connectivity index is 3.20. The molecule has 0 radical (unpaired) electrons. The van der Waals surface area contributed by atoms with Crippen molar-refractivity contribution in [2.75, 3.05) is 0 Å². The van der Waals surface area contributed by atoms with Crippen LogP contribution in [0.2, 0.25) is 0 Å². The maximum absolute atomic E-state index is 12.1. The number of aryl methyl sites for hydroxylation is 1. The summed E-state index contributed by atoms with van der Waals surface area (Å²) in [5, 5.41) is 8.44. The third-order valence-corrected chi connectivity index (χ3v) is 1.50. The highest BCUT2D eigenvalue weighted by atomic mass is 19.4. The molecule has 0 saturated carbocycles. The maximum atomic E-state index is 12.1. The summed E-state index contributed by atoms with van der Waals surface area (Å²) in [4.78, 5) is 3.27. The zero-order valence-corrected chi connectivity index (χ0v) is 6.68. The molecular weight excluding hydrogens is 181 g/mol. The molecule has 68 valence electrons. The van der Waals surface area contributed by atoms with Gasteiger partial charge in [-0.1, -0.05) is 0 Å². The fraction of sp³-hybridized carbons (Fsp3) is 0.250. The number of alkyl halides is 3. The average molecular weight is 186 g/mol. The van der Waals surface area contributed by atoms with Crippen LogP contribution >= 0.6 is 0 Å². The Morgan fingerprint density at radius 2 is 2.00 bits per heavy atom. The Hall–Kier alpha value is -1.57. The molecule has 0 bridgehead atoms. The second-order valence-electron chi connectivity index (χ2n) is 2.44.